The zero-order valence-electron chi connectivity index (χ0n) is 8.53. The molecular formula is C12H13FO2. The van der Waals surface area contributed by atoms with Crippen LogP contribution in [0, 0.1) is 5.82 Å². The Morgan fingerprint density at radius 3 is 2.93 bits per heavy atom. The van der Waals surface area contributed by atoms with Crippen LogP contribution in [0.2, 0.25) is 0 Å². The first-order valence-corrected chi connectivity index (χ1v) is 5.09. The molecule has 0 fully saturated rings. The maximum atomic E-state index is 13.0. The minimum Gasteiger partial charge on any atom is -0.481 e. The van der Waals surface area contributed by atoms with Crippen molar-refractivity contribution in [3.63, 3.8) is 0 Å². The molecule has 1 aliphatic rings. The molecule has 0 saturated carbocycles. The van der Waals surface area contributed by atoms with Gasteiger partial charge in [-0.3, -0.25) is 4.79 Å². The van der Waals surface area contributed by atoms with E-state index >= 15 is 0 Å². The van der Waals surface area contributed by atoms with E-state index in [2.05, 4.69) is 0 Å². The molecule has 0 spiro atoms. The molecule has 1 aromatic rings. The highest BCUT2D eigenvalue weighted by Crippen LogP contribution is 2.43. The lowest BCUT2D eigenvalue weighted by molar-refractivity contribution is -0.137. The van der Waals surface area contributed by atoms with Gasteiger partial charge >= 0.3 is 5.97 Å². The van der Waals surface area contributed by atoms with Crippen molar-refractivity contribution in [2.75, 3.05) is 0 Å². The van der Waals surface area contributed by atoms with Gasteiger partial charge in [0.15, 0.2) is 0 Å². The monoisotopic (exact) mass is 208 g/mol. The molecule has 0 heterocycles. The third-order valence-corrected chi connectivity index (χ3v) is 3.08. The third kappa shape index (κ3) is 1.87. The van der Waals surface area contributed by atoms with E-state index in [1.165, 1.54) is 12.1 Å². The van der Waals surface area contributed by atoms with Crippen molar-refractivity contribution in [1.82, 2.24) is 0 Å². The van der Waals surface area contributed by atoms with Crippen molar-refractivity contribution in [3.8, 4) is 0 Å². The Morgan fingerprint density at radius 2 is 2.27 bits per heavy atom. The topological polar surface area (TPSA) is 37.3 Å². The van der Waals surface area contributed by atoms with E-state index in [4.69, 9.17) is 5.11 Å². The summed E-state index contributed by atoms with van der Waals surface area (Å²) in [5, 5.41) is 8.77. The Balaban J connectivity index is 2.33. The molecule has 2 atom stereocenters. The van der Waals surface area contributed by atoms with E-state index in [0.29, 0.717) is 0 Å². The molecule has 1 aromatic carbocycles. The van der Waals surface area contributed by atoms with E-state index in [9.17, 15) is 9.18 Å². The van der Waals surface area contributed by atoms with E-state index in [1.807, 2.05) is 6.92 Å². The van der Waals surface area contributed by atoms with Gasteiger partial charge in [-0.15, -0.1) is 0 Å². The van der Waals surface area contributed by atoms with Crippen molar-refractivity contribution in [3.05, 3.63) is 35.1 Å². The minimum atomic E-state index is -0.788. The number of rotatable bonds is 2. The van der Waals surface area contributed by atoms with Crippen LogP contribution in [-0.2, 0) is 4.79 Å². The standard InChI is InChI=1S/C12H13FO2/c1-7-4-8(5-12(14)15)10-3-2-9(13)6-11(7)10/h2-3,6-8H,4-5H2,1H3,(H,14,15). The summed E-state index contributed by atoms with van der Waals surface area (Å²) in [6.45, 7) is 2.01. The summed E-state index contributed by atoms with van der Waals surface area (Å²) in [6, 6.07) is 4.66. The fourth-order valence-electron chi connectivity index (χ4n) is 2.43. The van der Waals surface area contributed by atoms with Gasteiger partial charge in [-0.1, -0.05) is 13.0 Å². The molecule has 2 rings (SSSR count). The molecule has 0 radical (unpaired) electrons. The van der Waals surface area contributed by atoms with Crippen molar-refractivity contribution >= 4 is 5.97 Å². The third-order valence-electron chi connectivity index (χ3n) is 3.08. The van der Waals surface area contributed by atoms with Gasteiger partial charge < -0.3 is 5.11 Å². The Morgan fingerprint density at radius 1 is 1.53 bits per heavy atom. The number of benzene rings is 1. The summed E-state index contributed by atoms with van der Waals surface area (Å²) < 4.78 is 13.0. The van der Waals surface area contributed by atoms with Crippen LogP contribution in [0.3, 0.4) is 0 Å². The molecule has 80 valence electrons. The van der Waals surface area contributed by atoms with Crippen LogP contribution in [0.4, 0.5) is 4.39 Å². The molecule has 1 N–H and O–H groups in total. The van der Waals surface area contributed by atoms with Crippen LogP contribution >= 0.6 is 0 Å². The number of hydrogen-bond acceptors (Lipinski definition) is 1. The highest BCUT2D eigenvalue weighted by Gasteiger charge is 2.29. The quantitative estimate of drug-likeness (QED) is 0.811. The Labute approximate surface area is 87.7 Å². The van der Waals surface area contributed by atoms with Gasteiger partial charge in [0.05, 0.1) is 6.42 Å². The number of carboxylic acid groups (broad SMARTS) is 1. The molecule has 3 heteroatoms. The zero-order chi connectivity index (χ0) is 11.0. The molecule has 0 amide bonds. The molecular weight excluding hydrogens is 195 g/mol. The highest BCUT2D eigenvalue weighted by atomic mass is 19.1. The second-order valence-corrected chi connectivity index (χ2v) is 4.20. The lowest BCUT2D eigenvalue weighted by Crippen LogP contribution is -2.03. The molecule has 0 aliphatic heterocycles. The Hall–Kier alpha value is -1.38. The average molecular weight is 208 g/mol. The fourth-order valence-corrected chi connectivity index (χ4v) is 2.43. The summed E-state index contributed by atoms with van der Waals surface area (Å²) in [5.74, 6) is -0.714. The van der Waals surface area contributed by atoms with Crippen molar-refractivity contribution in [2.24, 2.45) is 0 Å². The van der Waals surface area contributed by atoms with Gasteiger partial charge in [-0.2, -0.15) is 0 Å². The predicted molar refractivity (Wildman–Crippen MR) is 54.4 cm³/mol. The summed E-state index contributed by atoms with van der Waals surface area (Å²) in [7, 11) is 0. The largest absolute Gasteiger partial charge is 0.481 e. The van der Waals surface area contributed by atoms with Gasteiger partial charge in [0.1, 0.15) is 5.82 Å². The van der Waals surface area contributed by atoms with E-state index in [1.54, 1.807) is 6.07 Å². The first-order chi connectivity index (χ1) is 7.08. The maximum Gasteiger partial charge on any atom is 0.303 e. The van der Waals surface area contributed by atoms with Gasteiger partial charge in [0, 0.05) is 0 Å². The number of aliphatic carboxylic acids is 1. The van der Waals surface area contributed by atoms with Gasteiger partial charge in [0.25, 0.3) is 0 Å². The first kappa shape index (κ1) is 10.1. The Kier molecular flexibility index (Phi) is 2.47. The summed E-state index contributed by atoms with van der Waals surface area (Å²) in [5.41, 5.74) is 1.98. The summed E-state index contributed by atoms with van der Waals surface area (Å²) in [4.78, 5) is 10.7. The zero-order valence-corrected chi connectivity index (χ0v) is 8.53. The smallest absolute Gasteiger partial charge is 0.303 e. The minimum absolute atomic E-state index is 0.0492. The van der Waals surface area contributed by atoms with Crippen LogP contribution in [-0.4, -0.2) is 11.1 Å². The highest BCUT2D eigenvalue weighted by molar-refractivity contribution is 5.68. The normalized spacial score (nSPS) is 23.9. The van der Waals surface area contributed by atoms with E-state index < -0.39 is 5.97 Å². The molecule has 0 bridgehead atoms. The first-order valence-electron chi connectivity index (χ1n) is 5.09. The SMILES string of the molecule is CC1CC(CC(=O)O)c2ccc(F)cc21. The number of halogens is 1. The van der Waals surface area contributed by atoms with Gasteiger partial charge in [0.2, 0.25) is 0 Å². The molecule has 0 saturated heterocycles. The second kappa shape index (κ2) is 3.65. The maximum absolute atomic E-state index is 13.0. The van der Waals surface area contributed by atoms with Crippen LogP contribution in [0.25, 0.3) is 0 Å². The van der Waals surface area contributed by atoms with Crippen LogP contribution < -0.4 is 0 Å². The molecule has 1 aliphatic carbocycles. The number of carboxylic acids is 1. The van der Waals surface area contributed by atoms with Crippen LogP contribution in [0.1, 0.15) is 42.7 Å². The number of hydrogen-bond donors (Lipinski definition) is 1. The summed E-state index contributed by atoms with van der Waals surface area (Å²) >= 11 is 0. The number of fused-ring (bicyclic) bond motifs is 1. The van der Waals surface area contributed by atoms with E-state index in [-0.39, 0.29) is 24.1 Å². The Bertz CT molecular complexity index is 401. The molecule has 0 aromatic heterocycles. The van der Waals surface area contributed by atoms with Crippen LogP contribution in [0.5, 0.6) is 0 Å². The lowest BCUT2D eigenvalue weighted by Gasteiger charge is -2.07. The second-order valence-electron chi connectivity index (χ2n) is 4.20. The molecule has 2 unspecified atom stereocenters. The number of carbonyl (C=O) groups is 1. The predicted octanol–water partition coefficient (Wildman–Crippen LogP) is 2.89. The average Bonchev–Trinajstić information content (AvgIpc) is 2.42. The van der Waals surface area contributed by atoms with Crippen molar-refractivity contribution in [2.45, 2.75) is 31.6 Å². The molecule has 15 heavy (non-hydrogen) atoms. The molecule has 2 nitrogen and oxygen atoms in total. The van der Waals surface area contributed by atoms with Gasteiger partial charge in [-0.05, 0) is 41.5 Å². The fraction of sp³-hybridized carbons (Fsp3) is 0.417. The van der Waals surface area contributed by atoms with Crippen molar-refractivity contribution < 1.29 is 14.3 Å². The van der Waals surface area contributed by atoms with Gasteiger partial charge in [-0.25, -0.2) is 4.39 Å². The van der Waals surface area contributed by atoms with Crippen LogP contribution in [0.15, 0.2) is 18.2 Å². The van der Waals surface area contributed by atoms with E-state index in [0.717, 1.165) is 17.5 Å². The van der Waals surface area contributed by atoms with Crippen molar-refractivity contribution in [1.29, 1.82) is 0 Å². The lowest BCUT2D eigenvalue weighted by atomic mass is 9.98. The summed E-state index contributed by atoms with van der Waals surface area (Å²) in [6.07, 6.45) is 0.952.